The molecule has 38 heavy (non-hydrogen) atoms. The van der Waals surface area contributed by atoms with E-state index >= 15 is 0 Å². The van der Waals surface area contributed by atoms with Gasteiger partial charge in [-0.15, -0.1) is 0 Å². The minimum absolute atomic E-state index is 0.257. The fraction of sp³-hybridized carbons (Fsp3) is 0.250. The fourth-order valence-corrected chi connectivity index (χ4v) is 4.34. The lowest BCUT2D eigenvalue weighted by Crippen LogP contribution is -2.39. The number of ether oxygens (including phenoxy) is 3. The van der Waals surface area contributed by atoms with E-state index in [0.717, 1.165) is 5.56 Å². The number of amides is 2. The third kappa shape index (κ3) is 7.72. The number of halogens is 2. The summed E-state index contributed by atoms with van der Waals surface area (Å²) in [6.07, 6.45) is 1.46. The van der Waals surface area contributed by atoms with Gasteiger partial charge in [-0.1, -0.05) is 43.6 Å². The first-order valence-electron chi connectivity index (χ1n) is 11.7. The molecule has 0 aliphatic heterocycles. The van der Waals surface area contributed by atoms with E-state index in [1.165, 1.54) is 13.3 Å². The number of hydrogen-bond donors (Lipinski definition) is 2. The van der Waals surface area contributed by atoms with Gasteiger partial charge >= 0.3 is 0 Å². The molecule has 0 fully saturated rings. The van der Waals surface area contributed by atoms with Gasteiger partial charge in [-0.3, -0.25) is 9.59 Å². The predicted octanol–water partition coefficient (Wildman–Crippen LogP) is 6.06. The highest BCUT2D eigenvalue weighted by molar-refractivity contribution is 9.10. The number of nitrogens with one attached hydrogen (secondary N) is 2. The molecule has 0 radical (unpaired) electrons. The molecule has 0 heterocycles. The number of methoxy groups -OCH3 is 2. The van der Waals surface area contributed by atoms with Crippen LogP contribution in [-0.4, -0.2) is 32.2 Å². The van der Waals surface area contributed by atoms with Crippen LogP contribution in [0.4, 0.5) is 5.69 Å². The van der Waals surface area contributed by atoms with Crippen LogP contribution in [-0.2, 0) is 16.2 Å². The molecule has 0 spiro atoms. The van der Waals surface area contributed by atoms with Crippen molar-refractivity contribution in [2.45, 2.75) is 20.5 Å². The van der Waals surface area contributed by atoms with Crippen LogP contribution in [0.2, 0.25) is 5.02 Å². The van der Waals surface area contributed by atoms with E-state index in [2.05, 4.69) is 31.8 Å². The highest BCUT2D eigenvalue weighted by atomic mass is 79.9. The summed E-state index contributed by atoms with van der Waals surface area (Å²) in [5.41, 5.74) is 4.51. The summed E-state index contributed by atoms with van der Waals surface area (Å²) in [7, 11) is 3.09. The smallest absolute Gasteiger partial charge is 0.252 e. The van der Waals surface area contributed by atoms with Crippen molar-refractivity contribution in [1.82, 2.24) is 5.43 Å². The average molecular weight is 603 g/mol. The number of benzene rings is 3. The Morgan fingerprint density at radius 1 is 1.03 bits per heavy atom. The van der Waals surface area contributed by atoms with Crippen molar-refractivity contribution < 1.29 is 23.8 Å². The molecular formula is C28H29BrClN3O5. The molecule has 0 aliphatic carbocycles. The molecule has 0 aliphatic rings. The van der Waals surface area contributed by atoms with Crippen LogP contribution in [0, 0.1) is 11.8 Å². The second kappa shape index (κ2) is 13.8. The van der Waals surface area contributed by atoms with E-state index in [1.807, 2.05) is 18.2 Å². The molecule has 1 atom stereocenters. The van der Waals surface area contributed by atoms with Crippen molar-refractivity contribution in [3.63, 3.8) is 0 Å². The third-order valence-corrected chi connectivity index (χ3v) is 6.52. The Kier molecular flexibility index (Phi) is 10.6. The SMILES string of the molecule is COc1ccc(NC(=O)C(C(=O)NN=Cc2cc(Br)c(OCc3ccccc3Cl)c(OC)c2)C(C)C)cc1. The van der Waals surface area contributed by atoms with Gasteiger partial charge < -0.3 is 19.5 Å². The molecule has 10 heteroatoms. The standard InChI is InChI=1S/C28H29BrClN3O5/c1-17(2)25(27(34)32-20-9-11-21(36-3)12-10-20)28(35)33-31-15-18-13-22(29)26(24(14-18)37-4)38-16-19-7-5-6-8-23(19)30/h5-15,17,25H,16H2,1-4H3,(H,32,34)(H,33,35). The topological polar surface area (TPSA) is 98.2 Å². The van der Waals surface area contributed by atoms with Crippen LogP contribution in [0.5, 0.6) is 17.2 Å². The van der Waals surface area contributed by atoms with Gasteiger partial charge in [0, 0.05) is 16.3 Å². The van der Waals surface area contributed by atoms with Crippen LogP contribution in [0.3, 0.4) is 0 Å². The lowest BCUT2D eigenvalue weighted by atomic mass is 9.94. The molecule has 0 aromatic heterocycles. The van der Waals surface area contributed by atoms with Crippen LogP contribution in [0.25, 0.3) is 0 Å². The van der Waals surface area contributed by atoms with Gasteiger partial charge in [-0.05, 0) is 69.9 Å². The number of hydrogen-bond acceptors (Lipinski definition) is 6. The van der Waals surface area contributed by atoms with Crippen molar-refractivity contribution in [3.8, 4) is 17.2 Å². The Balaban J connectivity index is 1.66. The summed E-state index contributed by atoms with van der Waals surface area (Å²) in [6, 6.07) is 17.8. The second-order valence-electron chi connectivity index (χ2n) is 8.59. The molecular weight excluding hydrogens is 574 g/mol. The molecule has 2 N–H and O–H groups in total. The average Bonchev–Trinajstić information content (AvgIpc) is 2.89. The maximum Gasteiger partial charge on any atom is 0.252 e. The number of carbonyl (C=O) groups excluding carboxylic acids is 2. The van der Waals surface area contributed by atoms with Crippen molar-refractivity contribution in [3.05, 3.63) is 81.3 Å². The molecule has 3 rings (SSSR count). The number of rotatable bonds is 11. The first-order chi connectivity index (χ1) is 18.2. The zero-order chi connectivity index (χ0) is 27.7. The normalized spacial score (nSPS) is 11.8. The molecule has 3 aromatic carbocycles. The first-order valence-corrected chi connectivity index (χ1v) is 12.9. The Bertz CT molecular complexity index is 1300. The van der Waals surface area contributed by atoms with Gasteiger partial charge in [0.05, 0.1) is 24.9 Å². The molecule has 2 amide bonds. The van der Waals surface area contributed by atoms with E-state index < -0.39 is 17.7 Å². The van der Waals surface area contributed by atoms with Gasteiger partial charge in [0.25, 0.3) is 5.91 Å². The summed E-state index contributed by atoms with van der Waals surface area (Å²) in [5, 5.41) is 7.43. The Hall–Kier alpha value is -3.56. The van der Waals surface area contributed by atoms with Crippen molar-refractivity contribution in [2.75, 3.05) is 19.5 Å². The zero-order valence-electron chi connectivity index (χ0n) is 21.5. The molecule has 0 saturated heterocycles. The minimum Gasteiger partial charge on any atom is -0.497 e. The van der Waals surface area contributed by atoms with E-state index in [-0.39, 0.29) is 12.5 Å². The molecule has 1 unspecified atom stereocenters. The van der Waals surface area contributed by atoms with Crippen LogP contribution >= 0.6 is 27.5 Å². The van der Waals surface area contributed by atoms with Gasteiger partial charge in [0.15, 0.2) is 11.5 Å². The van der Waals surface area contributed by atoms with Crippen LogP contribution in [0.15, 0.2) is 70.2 Å². The van der Waals surface area contributed by atoms with E-state index in [1.54, 1.807) is 63.4 Å². The van der Waals surface area contributed by atoms with Crippen molar-refractivity contribution in [1.29, 1.82) is 0 Å². The minimum atomic E-state index is -0.948. The largest absolute Gasteiger partial charge is 0.497 e. The lowest BCUT2D eigenvalue weighted by Gasteiger charge is -2.18. The zero-order valence-corrected chi connectivity index (χ0v) is 23.8. The monoisotopic (exact) mass is 601 g/mol. The van der Waals surface area contributed by atoms with Crippen LogP contribution < -0.4 is 25.0 Å². The highest BCUT2D eigenvalue weighted by Gasteiger charge is 2.30. The quantitative estimate of drug-likeness (QED) is 0.158. The van der Waals surface area contributed by atoms with Gasteiger partial charge in [0.1, 0.15) is 18.3 Å². The predicted molar refractivity (Wildman–Crippen MR) is 152 cm³/mol. The molecule has 0 bridgehead atoms. The maximum atomic E-state index is 12.8. The summed E-state index contributed by atoms with van der Waals surface area (Å²) in [5.74, 6) is -0.514. The lowest BCUT2D eigenvalue weighted by molar-refractivity contribution is -0.134. The van der Waals surface area contributed by atoms with E-state index in [9.17, 15) is 9.59 Å². The van der Waals surface area contributed by atoms with Crippen molar-refractivity contribution in [2.24, 2.45) is 16.9 Å². The van der Waals surface area contributed by atoms with Crippen molar-refractivity contribution >= 4 is 51.2 Å². The second-order valence-corrected chi connectivity index (χ2v) is 9.85. The Morgan fingerprint density at radius 2 is 1.74 bits per heavy atom. The molecule has 0 saturated carbocycles. The third-order valence-electron chi connectivity index (χ3n) is 5.56. The summed E-state index contributed by atoms with van der Waals surface area (Å²) >= 11 is 9.73. The Labute approximate surface area is 235 Å². The summed E-state index contributed by atoms with van der Waals surface area (Å²) < 4.78 is 17.2. The number of nitrogens with zero attached hydrogens (tertiary/aromatic N) is 1. The van der Waals surface area contributed by atoms with Gasteiger partial charge in [0.2, 0.25) is 5.91 Å². The number of hydrazone groups is 1. The van der Waals surface area contributed by atoms with Crippen LogP contribution in [0.1, 0.15) is 25.0 Å². The maximum absolute atomic E-state index is 12.8. The molecule has 3 aromatic rings. The van der Waals surface area contributed by atoms with E-state index in [0.29, 0.717) is 38.0 Å². The first kappa shape index (κ1) is 29.0. The highest BCUT2D eigenvalue weighted by Crippen LogP contribution is 2.37. The number of carbonyl (C=O) groups is 2. The summed E-state index contributed by atoms with van der Waals surface area (Å²) in [6.45, 7) is 3.85. The van der Waals surface area contributed by atoms with Gasteiger partial charge in [-0.2, -0.15) is 5.10 Å². The Morgan fingerprint density at radius 3 is 2.37 bits per heavy atom. The molecule has 200 valence electrons. The molecule has 8 nitrogen and oxygen atoms in total. The fourth-order valence-electron chi connectivity index (χ4n) is 3.58. The van der Waals surface area contributed by atoms with Gasteiger partial charge in [-0.25, -0.2) is 5.43 Å². The summed E-state index contributed by atoms with van der Waals surface area (Å²) in [4.78, 5) is 25.7. The van der Waals surface area contributed by atoms with E-state index in [4.69, 9.17) is 25.8 Å². The number of anilines is 1.